The molecule has 2 aliphatic heterocycles. The third kappa shape index (κ3) is 8.17. The number of amides is 4. The smallest absolute Gasteiger partial charge is 0.407 e. The number of aromatic nitrogens is 4. The van der Waals surface area contributed by atoms with Gasteiger partial charge in [-0.3, -0.25) is 9.59 Å². The Labute approximate surface area is 289 Å². The molecule has 4 atom stereocenters. The summed E-state index contributed by atoms with van der Waals surface area (Å²) in [6.07, 6.45) is 5.52. The number of nitrogens with zero attached hydrogens (tertiary/aromatic N) is 4. The van der Waals surface area contributed by atoms with Crippen LogP contribution >= 0.6 is 11.3 Å². The Kier molecular flexibility index (Phi) is 11.5. The highest BCUT2D eigenvalue weighted by Crippen LogP contribution is 2.34. The summed E-state index contributed by atoms with van der Waals surface area (Å²) in [6, 6.07) is 0.302. The Hall–Kier alpha value is -4.60. The molecule has 5 rings (SSSR count). The number of likely N-dealkylation sites (tertiary alicyclic amines) is 2. The van der Waals surface area contributed by atoms with Gasteiger partial charge < -0.3 is 45.2 Å². The number of thiophene rings is 1. The van der Waals surface area contributed by atoms with Gasteiger partial charge >= 0.3 is 12.2 Å². The molecule has 266 valence electrons. The van der Waals surface area contributed by atoms with Gasteiger partial charge in [-0.1, -0.05) is 27.7 Å². The molecule has 0 radical (unpaired) electrons. The van der Waals surface area contributed by atoms with Crippen molar-refractivity contribution in [1.29, 1.82) is 0 Å². The number of ether oxygens (including phenoxy) is 2. The molecule has 15 nitrogen and oxygen atoms in total. The minimum atomic E-state index is -0.688. The van der Waals surface area contributed by atoms with Crippen molar-refractivity contribution >= 4 is 41.2 Å². The van der Waals surface area contributed by atoms with E-state index in [1.54, 1.807) is 33.5 Å². The van der Waals surface area contributed by atoms with E-state index < -0.39 is 24.3 Å². The second-order valence-corrected chi connectivity index (χ2v) is 14.1. The van der Waals surface area contributed by atoms with Gasteiger partial charge in [0.1, 0.15) is 29.6 Å². The molecular weight excluding hydrogens is 650 g/mol. The van der Waals surface area contributed by atoms with E-state index in [1.807, 2.05) is 27.7 Å². The largest absolute Gasteiger partial charge is 0.453 e. The summed E-state index contributed by atoms with van der Waals surface area (Å²) in [5, 5.41) is 10.8. The van der Waals surface area contributed by atoms with Crippen LogP contribution in [0, 0.1) is 11.8 Å². The van der Waals surface area contributed by atoms with Crippen LogP contribution < -0.4 is 16.0 Å². The Balaban J connectivity index is 1.19. The lowest BCUT2D eigenvalue weighted by Crippen LogP contribution is -2.51. The maximum absolute atomic E-state index is 13.5. The van der Waals surface area contributed by atoms with Crippen LogP contribution in [0.1, 0.15) is 82.0 Å². The van der Waals surface area contributed by atoms with Crippen molar-refractivity contribution in [3.8, 4) is 11.3 Å². The van der Waals surface area contributed by atoms with Crippen molar-refractivity contribution in [3.05, 3.63) is 40.4 Å². The van der Waals surface area contributed by atoms with Crippen LogP contribution in [0.25, 0.3) is 11.3 Å². The van der Waals surface area contributed by atoms with Gasteiger partial charge in [0.15, 0.2) is 0 Å². The van der Waals surface area contributed by atoms with E-state index in [0.717, 1.165) is 53.5 Å². The lowest BCUT2D eigenvalue weighted by Gasteiger charge is -2.30. The normalized spacial score (nSPS) is 18.9. The Morgan fingerprint density at radius 3 is 1.92 bits per heavy atom. The molecule has 16 heteroatoms. The first-order chi connectivity index (χ1) is 23.5. The van der Waals surface area contributed by atoms with E-state index in [1.165, 1.54) is 14.2 Å². The van der Waals surface area contributed by atoms with E-state index in [4.69, 9.17) is 9.47 Å². The van der Waals surface area contributed by atoms with Crippen LogP contribution in [0.3, 0.4) is 0 Å². The fraction of sp³-hybridized carbons (Fsp3) is 0.576. The molecule has 0 spiro atoms. The number of carbonyl (C=O) groups is 4. The molecule has 0 aromatic carbocycles. The molecule has 0 saturated carbocycles. The first kappa shape index (κ1) is 35.7. The summed E-state index contributed by atoms with van der Waals surface area (Å²) < 4.78 is 9.47. The van der Waals surface area contributed by atoms with Crippen LogP contribution in [0.5, 0.6) is 0 Å². The van der Waals surface area contributed by atoms with Gasteiger partial charge in [0.05, 0.1) is 50.9 Å². The number of anilines is 1. The Morgan fingerprint density at radius 1 is 0.857 bits per heavy atom. The molecule has 0 bridgehead atoms. The molecule has 2 aliphatic rings. The van der Waals surface area contributed by atoms with Crippen LogP contribution in [0.2, 0.25) is 0 Å². The predicted molar refractivity (Wildman–Crippen MR) is 184 cm³/mol. The van der Waals surface area contributed by atoms with Crippen molar-refractivity contribution in [2.24, 2.45) is 11.8 Å². The first-order valence-corrected chi connectivity index (χ1v) is 17.6. The maximum Gasteiger partial charge on any atom is 0.407 e. The lowest BCUT2D eigenvalue weighted by molar-refractivity contribution is -0.136. The molecule has 2 fully saturated rings. The van der Waals surface area contributed by atoms with Gasteiger partial charge in [0.2, 0.25) is 11.8 Å². The minimum Gasteiger partial charge on any atom is -0.453 e. The van der Waals surface area contributed by atoms with Gasteiger partial charge in [-0.05, 0) is 43.6 Å². The molecule has 5 heterocycles. The number of aromatic amines is 2. The average Bonchev–Trinajstić information content (AvgIpc) is 3.92. The number of alkyl carbamates (subject to hydrolysis) is 2. The number of rotatable bonds is 12. The highest BCUT2D eigenvalue weighted by Gasteiger charge is 2.39. The monoisotopic (exact) mass is 697 g/mol. The molecule has 4 amide bonds. The SMILES string of the molecule is COC(=O)NC(C(=O)N1CCCC1c1ncc(NCc2cc(-c3cnc(C4CCCN4C(=O)C(NC(=O)OC)C(C)C)[nH]3)cs2)[nH]1)C(C)C. The standard InChI is InChI=1S/C33H47N9O6S/c1-18(2)26(39-32(45)47-5)30(43)41-11-7-9-23(41)28-35-15-22(37-28)20-13-21(49-17-20)14-34-25-16-36-29(38-25)24-10-8-12-42(24)31(44)27(19(3)4)40-33(46)48-6/h13,15-19,23-24,26-27,34H,7-12,14H2,1-6H3,(H,35,37)(H,36,38)(H,39,45)(H,40,46). The van der Waals surface area contributed by atoms with Gasteiger partial charge in [-0.15, -0.1) is 11.3 Å². The maximum atomic E-state index is 13.5. The van der Waals surface area contributed by atoms with Crippen molar-refractivity contribution in [1.82, 2.24) is 40.4 Å². The molecule has 49 heavy (non-hydrogen) atoms. The summed E-state index contributed by atoms with van der Waals surface area (Å²) >= 11 is 1.62. The number of carbonyl (C=O) groups excluding carboxylic acids is 4. The van der Waals surface area contributed by atoms with Gasteiger partial charge in [0, 0.05) is 28.9 Å². The molecule has 5 N–H and O–H groups in total. The quantitative estimate of drug-likeness (QED) is 0.181. The van der Waals surface area contributed by atoms with E-state index in [0.29, 0.717) is 25.5 Å². The zero-order valence-corrected chi connectivity index (χ0v) is 29.7. The molecule has 4 unspecified atom stereocenters. The van der Waals surface area contributed by atoms with Crippen LogP contribution in [0.4, 0.5) is 15.4 Å². The third-order valence-corrected chi connectivity index (χ3v) is 10.0. The fourth-order valence-electron chi connectivity index (χ4n) is 6.43. The van der Waals surface area contributed by atoms with Crippen LogP contribution in [-0.4, -0.2) is 93.1 Å². The molecule has 2 saturated heterocycles. The third-order valence-electron chi connectivity index (χ3n) is 9.09. The van der Waals surface area contributed by atoms with Crippen molar-refractivity contribution in [3.63, 3.8) is 0 Å². The summed E-state index contributed by atoms with van der Waals surface area (Å²) in [5.74, 6) is 1.66. The molecular formula is C33H47N9O6S. The van der Waals surface area contributed by atoms with E-state index in [-0.39, 0.29) is 35.7 Å². The minimum absolute atomic E-state index is 0.105. The van der Waals surface area contributed by atoms with E-state index in [2.05, 4.69) is 47.3 Å². The molecule has 3 aromatic rings. The predicted octanol–water partition coefficient (Wildman–Crippen LogP) is 4.56. The molecule has 3 aromatic heterocycles. The second kappa shape index (κ2) is 15.7. The Bertz CT molecular complexity index is 1620. The van der Waals surface area contributed by atoms with Gasteiger partial charge in [-0.2, -0.15) is 0 Å². The topological polar surface area (TPSA) is 187 Å². The number of nitrogens with one attached hydrogen (secondary N) is 5. The first-order valence-electron chi connectivity index (χ1n) is 16.7. The highest BCUT2D eigenvalue weighted by atomic mass is 32.1. The van der Waals surface area contributed by atoms with Gasteiger partial charge in [0.25, 0.3) is 0 Å². The fourth-order valence-corrected chi connectivity index (χ4v) is 7.25. The van der Waals surface area contributed by atoms with E-state index in [9.17, 15) is 19.2 Å². The molecule has 0 aliphatic carbocycles. The average molecular weight is 698 g/mol. The van der Waals surface area contributed by atoms with Crippen molar-refractivity contribution in [2.45, 2.75) is 84.1 Å². The number of methoxy groups -OCH3 is 2. The summed E-state index contributed by atoms with van der Waals surface area (Å²) in [6.45, 7) is 9.32. The Morgan fingerprint density at radius 2 is 1.39 bits per heavy atom. The number of hydrogen-bond donors (Lipinski definition) is 5. The lowest BCUT2D eigenvalue weighted by atomic mass is 10.0. The number of hydrogen-bond acceptors (Lipinski definition) is 10. The summed E-state index contributed by atoms with van der Waals surface area (Å²) in [4.78, 5) is 71.4. The van der Waals surface area contributed by atoms with Crippen LogP contribution in [-0.2, 0) is 25.6 Å². The van der Waals surface area contributed by atoms with Crippen molar-refractivity contribution in [2.75, 3.05) is 32.6 Å². The summed E-state index contributed by atoms with van der Waals surface area (Å²) in [5.41, 5.74) is 1.86. The van der Waals surface area contributed by atoms with Crippen LogP contribution in [0.15, 0.2) is 23.8 Å². The second-order valence-electron chi connectivity index (χ2n) is 13.1. The number of imidazole rings is 2. The zero-order valence-electron chi connectivity index (χ0n) is 28.9. The number of H-pyrrole nitrogens is 2. The van der Waals surface area contributed by atoms with E-state index >= 15 is 0 Å². The van der Waals surface area contributed by atoms with Gasteiger partial charge in [-0.25, -0.2) is 19.6 Å². The highest BCUT2D eigenvalue weighted by molar-refractivity contribution is 7.10. The van der Waals surface area contributed by atoms with Crippen molar-refractivity contribution < 1.29 is 28.7 Å². The summed E-state index contributed by atoms with van der Waals surface area (Å²) in [7, 11) is 2.57. The zero-order chi connectivity index (χ0) is 35.2.